The van der Waals surface area contributed by atoms with Gasteiger partial charge in [-0.3, -0.25) is 4.79 Å². The van der Waals surface area contributed by atoms with Crippen molar-refractivity contribution in [3.05, 3.63) is 70.4 Å². The second-order valence-corrected chi connectivity index (χ2v) is 7.75. The van der Waals surface area contributed by atoms with Crippen LogP contribution in [-0.2, 0) is 6.42 Å². The third-order valence-corrected chi connectivity index (χ3v) is 5.71. The summed E-state index contributed by atoms with van der Waals surface area (Å²) in [5.74, 6) is -0.509. The van der Waals surface area contributed by atoms with E-state index in [1.165, 1.54) is 0 Å². The van der Waals surface area contributed by atoms with Gasteiger partial charge in [0.2, 0.25) is 0 Å². The highest BCUT2D eigenvalue weighted by atomic mass is 35.5. The maximum Gasteiger partial charge on any atom is 0.335 e. The van der Waals surface area contributed by atoms with Crippen LogP contribution < -0.4 is 0 Å². The molecule has 5 nitrogen and oxygen atoms in total. The Morgan fingerprint density at radius 2 is 1.86 bits per heavy atom. The van der Waals surface area contributed by atoms with E-state index in [1.54, 1.807) is 12.1 Å². The maximum atomic E-state index is 12.8. The molecule has 0 aliphatic carbocycles. The normalized spacial score (nSPS) is 15.1. The topological polar surface area (TPSA) is 73.4 Å². The van der Waals surface area contributed by atoms with Gasteiger partial charge in [-0.15, -0.1) is 0 Å². The van der Waals surface area contributed by atoms with Crippen molar-refractivity contribution < 1.29 is 14.7 Å². The Labute approximate surface area is 167 Å². The number of H-pyrrole nitrogens is 1. The van der Waals surface area contributed by atoms with Crippen molar-refractivity contribution in [2.75, 3.05) is 13.1 Å². The van der Waals surface area contributed by atoms with Crippen molar-refractivity contribution >= 4 is 34.4 Å². The first kappa shape index (κ1) is 18.6. The highest BCUT2D eigenvalue weighted by Crippen LogP contribution is 2.26. The van der Waals surface area contributed by atoms with Gasteiger partial charge in [0.1, 0.15) is 5.69 Å². The summed E-state index contributed by atoms with van der Waals surface area (Å²) in [4.78, 5) is 29.3. The zero-order valence-electron chi connectivity index (χ0n) is 15.3. The number of hydrogen-bond donors (Lipinski definition) is 2. The summed E-state index contributed by atoms with van der Waals surface area (Å²) in [6, 6.07) is 14.6. The molecule has 4 rings (SSSR count). The Balaban J connectivity index is 1.41. The van der Waals surface area contributed by atoms with Crippen LogP contribution in [0.5, 0.6) is 0 Å². The first-order valence-corrected chi connectivity index (χ1v) is 9.78. The number of piperidine rings is 1. The number of nitrogens with zero attached hydrogens (tertiary/aromatic N) is 1. The molecular formula is C22H21ClN2O3. The van der Waals surface area contributed by atoms with Crippen LogP contribution in [0.15, 0.2) is 48.5 Å². The number of benzene rings is 2. The van der Waals surface area contributed by atoms with Crippen molar-refractivity contribution in [3.8, 4) is 0 Å². The van der Waals surface area contributed by atoms with Gasteiger partial charge >= 0.3 is 5.97 Å². The zero-order chi connectivity index (χ0) is 19.7. The lowest BCUT2D eigenvalue weighted by molar-refractivity contribution is 0.0685. The Hall–Kier alpha value is -2.79. The summed E-state index contributed by atoms with van der Waals surface area (Å²) >= 11 is 6.02. The highest BCUT2D eigenvalue weighted by Gasteiger charge is 2.25. The van der Waals surface area contributed by atoms with Gasteiger partial charge in [0.15, 0.2) is 0 Å². The number of carboxylic acids is 1. The highest BCUT2D eigenvalue weighted by molar-refractivity contribution is 6.31. The van der Waals surface area contributed by atoms with Gasteiger partial charge in [0.25, 0.3) is 5.91 Å². The number of carbonyl (C=O) groups is 2. The van der Waals surface area contributed by atoms with Gasteiger partial charge in [-0.2, -0.15) is 0 Å². The second-order valence-electron chi connectivity index (χ2n) is 7.32. The fraction of sp³-hybridized carbons (Fsp3) is 0.273. The average molecular weight is 397 g/mol. The number of aromatic nitrogens is 1. The Bertz CT molecular complexity index is 1040. The van der Waals surface area contributed by atoms with E-state index in [9.17, 15) is 14.7 Å². The van der Waals surface area contributed by atoms with Crippen molar-refractivity contribution in [1.29, 1.82) is 0 Å². The van der Waals surface area contributed by atoms with Gasteiger partial charge in [-0.25, -0.2) is 4.79 Å². The van der Waals surface area contributed by atoms with Crippen LogP contribution in [0.2, 0.25) is 5.02 Å². The number of carbonyl (C=O) groups excluding carboxylic acids is 1. The van der Waals surface area contributed by atoms with Crippen molar-refractivity contribution in [2.45, 2.75) is 19.3 Å². The summed E-state index contributed by atoms with van der Waals surface area (Å²) in [5, 5.41) is 10.9. The number of rotatable bonds is 4. The smallest absolute Gasteiger partial charge is 0.335 e. The minimum absolute atomic E-state index is 0.00305. The number of amides is 1. The predicted molar refractivity (Wildman–Crippen MR) is 109 cm³/mol. The minimum atomic E-state index is -0.887. The molecule has 1 aliphatic heterocycles. The molecule has 0 spiro atoms. The minimum Gasteiger partial charge on any atom is -0.478 e. The van der Waals surface area contributed by atoms with Crippen LogP contribution in [0.25, 0.3) is 10.9 Å². The SMILES string of the molecule is O=C(O)c1ccccc1CC1CCN(C(=O)c2cc3ccc(Cl)cc3[nH]2)CC1. The summed E-state index contributed by atoms with van der Waals surface area (Å²) < 4.78 is 0. The molecule has 1 fully saturated rings. The fourth-order valence-electron chi connectivity index (χ4n) is 3.94. The number of carboxylic acid groups (broad SMARTS) is 1. The van der Waals surface area contributed by atoms with Crippen LogP contribution in [0.3, 0.4) is 0 Å². The molecular weight excluding hydrogens is 376 g/mol. The molecule has 0 unspecified atom stereocenters. The molecule has 3 aromatic rings. The molecule has 2 aromatic carbocycles. The van der Waals surface area contributed by atoms with E-state index in [2.05, 4.69) is 4.98 Å². The van der Waals surface area contributed by atoms with Crippen LogP contribution in [-0.4, -0.2) is 40.0 Å². The van der Waals surface area contributed by atoms with E-state index >= 15 is 0 Å². The lowest BCUT2D eigenvalue weighted by atomic mass is 9.88. The number of aromatic amines is 1. The van der Waals surface area contributed by atoms with Gasteiger partial charge < -0.3 is 15.0 Å². The molecule has 1 aliphatic rings. The summed E-state index contributed by atoms with van der Waals surface area (Å²) in [5.41, 5.74) is 2.67. The lowest BCUT2D eigenvalue weighted by Gasteiger charge is -2.32. The lowest BCUT2D eigenvalue weighted by Crippen LogP contribution is -2.39. The first-order chi connectivity index (χ1) is 13.5. The van der Waals surface area contributed by atoms with Gasteiger partial charge in [-0.05, 0) is 55.0 Å². The van der Waals surface area contributed by atoms with Crippen molar-refractivity contribution in [3.63, 3.8) is 0 Å². The summed E-state index contributed by atoms with van der Waals surface area (Å²) in [7, 11) is 0. The van der Waals surface area contributed by atoms with E-state index in [0.29, 0.717) is 35.3 Å². The molecule has 6 heteroatoms. The second kappa shape index (κ2) is 7.68. The van der Waals surface area contributed by atoms with Gasteiger partial charge in [0.05, 0.1) is 5.56 Å². The summed E-state index contributed by atoms with van der Waals surface area (Å²) in [6.07, 6.45) is 2.47. The fourth-order valence-corrected chi connectivity index (χ4v) is 4.12. The number of likely N-dealkylation sites (tertiary alicyclic amines) is 1. The largest absolute Gasteiger partial charge is 0.478 e. The van der Waals surface area contributed by atoms with Crippen molar-refractivity contribution in [2.24, 2.45) is 5.92 Å². The molecule has 1 saturated heterocycles. The molecule has 0 radical (unpaired) electrons. The summed E-state index contributed by atoms with van der Waals surface area (Å²) in [6.45, 7) is 1.35. The molecule has 0 bridgehead atoms. The monoisotopic (exact) mass is 396 g/mol. The van der Waals surface area contributed by atoms with E-state index < -0.39 is 5.97 Å². The molecule has 144 valence electrons. The molecule has 0 atom stereocenters. The average Bonchev–Trinajstić information content (AvgIpc) is 3.11. The molecule has 28 heavy (non-hydrogen) atoms. The predicted octanol–water partition coefficient (Wildman–Crippen LogP) is 4.61. The first-order valence-electron chi connectivity index (χ1n) is 9.40. The number of nitrogens with one attached hydrogen (secondary N) is 1. The van der Waals surface area contributed by atoms with E-state index in [1.807, 2.05) is 41.3 Å². The van der Waals surface area contributed by atoms with E-state index in [0.717, 1.165) is 35.7 Å². The number of aromatic carboxylic acids is 1. The third-order valence-electron chi connectivity index (χ3n) is 5.47. The third kappa shape index (κ3) is 3.76. The maximum absolute atomic E-state index is 12.8. The molecule has 1 amide bonds. The van der Waals surface area contributed by atoms with E-state index in [-0.39, 0.29) is 5.91 Å². The van der Waals surface area contributed by atoms with E-state index in [4.69, 9.17) is 11.6 Å². The molecule has 2 N–H and O–H groups in total. The Morgan fingerprint density at radius 3 is 2.61 bits per heavy atom. The molecule has 0 saturated carbocycles. The Kier molecular flexibility index (Phi) is 5.09. The van der Waals surface area contributed by atoms with Crippen LogP contribution in [0.4, 0.5) is 0 Å². The van der Waals surface area contributed by atoms with Gasteiger partial charge in [0, 0.05) is 29.0 Å². The van der Waals surface area contributed by atoms with Gasteiger partial charge in [-0.1, -0.05) is 35.9 Å². The van der Waals surface area contributed by atoms with Crippen LogP contribution in [0.1, 0.15) is 39.3 Å². The number of halogens is 1. The standard InChI is InChI=1S/C22H21ClN2O3/c23-17-6-5-16-12-20(24-19(16)13-17)21(26)25-9-7-14(8-10-25)11-15-3-1-2-4-18(15)22(27)28/h1-6,12-14,24H,7-11H2,(H,27,28). The quantitative estimate of drug-likeness (QED) is 0.676. The zero-order valence-corrected chi connectivity index (χ0v) is 16.1. The molecule has 1 aromatic heterocycles. The van der Waals surface area contributed by atoms with Crippen molar-refractivity contribution in [1.82, 2.24) is 9.88 Å². The molecule has 2 heterocycles. The number of hydrogen-bond acceptors (Lipinski definition) is 2. The Morgan fingerprint density at radius 1 is 1.11 bits per heavy atom. The van der Waals surface area contributed by atoms with Crippen LogP contribution in [0, 0.1) is 5.92 Å². The van der Waals surface area contributed by atoms with Crippen LogP contribution >= 0.6 is 11.6 Å². The number of fused-ring (bicyclic) bond motifs is 1.